The highest BCUT2D eigenvalue weighted by Crippen LogP contribution is 2.33. The van der Waals surface area contributed by atoms with Crippen LogP contribution in [0, 0.1) is 0 Å². The third-order valence-electron chi connectivity index (χ3n) is 5.08. The van der Waals surface area contributed by atoms with Gasteiger partial charge in [-0.15, -0.1) is 0 Å². The van der Waals surface area contributed by atoms with E-state index in [1.54, 1.807) is 0 Å². The maximum atomic E-state index is 11.3. The van der Waals surface area contributed by atoms with E-state index in [1.165, 1.54) is 10.8 Å². The third-order valence-corrected chi connectivity index (χ3v) is 5.08. The van der Waals surface area contributed by atoms with Gasteiger partial charge < -0.3 is 4.57 Å². The van der Waals surface area contributed by atoms with Gasteiger partial charge in [-0.05, 0) is 59.3 Å². The average molecular weight is 349 g/mol. The zero-order chi connectivity index (χ0) is 18.4. The fourth-order valence-electron chi connectivity index (χ4n) is 3.80. The van der Waals surface area contributed by atoms with Gasteiger partial charge in [0.2, 0.25) is 0 Å². The second kappa shape index (κ2) is 5.92. The molecule has 0 saturated heterocycles. The Balaban J connectivity index is 1.91. The molecule has 1 heterocycles. The van der Waals surface area contributed by atoms with E-state index in [9.17, 15) is 9.59 Å². The summed E-state index contributed by atoms with van der Waals surface area (Å²) in [5, 5.41) is 4.28. The largest absolute Gasteiger partial charge is 0.309 e. The molecule has 27 heavy (non-hydrogen) atoms. The number of hydrogen-bond donors (Lipinski definition) is 0. The summed E-state index contributed by atoms with van der Waals surface area (Å²) in [5.74, 6) is 0. The van der Waals surface area contributed by atoms with Crippen molar-refractivity contribution in [2.24, 2.45) is 0 Å². The molecule has 0 saturated carbocycles. The minimum absolute atomic E-state index is 0.622. The first-order valence-electron chi connectivity index (χ1n) is 8.76. The summed E-state index contributed by atoms with van der Waals surface area (Å²) in [6, 6.07) is 26.0. The van der Waals surface area contributed by atoms with E-state index in [0.717, 1.165) is 40.1 Å². The van der Waals surface area contributed by atoms with Crippen molar-refractivity contribution in [2.45, 2.75) is 0 Å². The van der Waals surface area contributed by atoms with Gasteiger partial charge in [-0.25, -0.2) is 0 Å². The van der Waals surface area contributed by atoms with E-state index >= 15 is 0 Å². The van der Waals surface area contributed by atoms with Crippen LogP contribution in [0.15, 0.2) is 78.9 Å². The van der Waals surface area contributed by atoms with E-state index < -0.39 is 0 Å². The molecule has 5 aromatic rings. The van der Waals surface area contributed by atoms with Crippen LogP contribution in [-0.2, 0) is 0 Å². The lowest BCUT2D eigenvalue weighted by molar-refractivity contribution is 0.111. The number of rotatable bonds is 3. The van der Waals surface area contributed by atoms with Gasteiger partial charge in [0.1, 0.15) is 12.6 Å². The molecule has 0 aliphatic heterocycles. The van der Waals surface area contributed by atoms with Crippen LogP contribution in [0.25, 0.3) is 38.3 Å². The lowest BCUT2D eigenvalue weighted by Crippen LogP contribution is -1.94. The molecule has 3 nitrogen and oxygen atoms in total. The third kappa shape index (κ3) is 2.36. The molecule has 3 heteroatoms. The molecule has 1 aromatic heterocycles. The first-order chi connectivity index (χ1) is 13.3. The first kappa shape index (κ1) is 15.5. The van der Waals surface area contributed by atoms with Crippen LogP contribution in [0.3, 0.4) is 0 Å². The first-order valence-corrected chi connectivity index (χ1v) is 8.76. The van der Waals surface area contributed by atoms with Gasteiger partial charge in [-0.3, -0.25) is 9.59 Å². The van der Waals surface area contributed by atoms with Crippen molar-refractivity contribution in [3.63, 3.8) is 0 Å². The Morgan fingerprint density at radius 1 is 0.593 bits per heavy atom. The monoisotopic (exact) mass is 349 g/mol. The Labute approximate surface area is 155 Å². The Hall–Kier alpha value is -3.72. The molecule has 128 valence electrons. The summed E-state index contributed by atoms with van der Waals surface area (Å²) in [6.07, 6.45) is 1.70. The molecule has 0 amide bonds. The average Bonchev–Trinajstić information content (AvgIpc) is 3.06. The molecular formula is C24H15NO2. The van der Waals surface area contributed by atoms with Gasteiger partial charge in [0, 0.05) is 27.6 Å². The molecule has 0 unspecified atom stereocenters. The number of hydrogen-bond acceptors (Lipinski definition) is 2. The quantitative estimate of drug-likeness (QED) is 0.400. The van der Waals surface area contributed by atoms with Crippen LogP contribution >= 0.6 is 0 Å². The van der Waals surface area contributed by atoms with Crippen molar-refractivity contribution in [2.75, 3.05) is 0 Å². The molecule has 0 fully saturated rings. The van der Waals surface area contributed by atoms with Gasteiger partial charge in [0.25, 0.3) is 0 Å². The Bertz CT molecular complexity index is 1300. The van der Waals surface area contributed by atoms with Crippen LogP contribution in [0.1, 0.15) is 20.7 Å². The fraction of sp³-hybridized carbons (Fsp3) is 0. The summed E-state index contributed by atoms with van der Waals surface area (Å²) in [5.41, 5.74) is 4.31. The second-order valence-electron chi connectivity index (χ2n) is 6.66. The van der Waals surface area contributed by atoms with Crippen molar-refractivity contribution < 1.29 is 9.59 Å². The van der Waals surface area contributed by atoms with Gasteiger partial charge in [0.15, 0.2) is 0 Å². The standard InChI is InChI=1S/C24H15NO2/c26-14-16-5-9-23-21(11-16)22-12-17(15-27)6-10-24(22)25(23)20-8-7-18-3-1-2-4-19(18)13-20/h1-15H. The molecule has 5 rings (SSSR count). The molecule has 0 radical (unpaired) electrons. The molecule has 4 aromatic carbocycles. The molecule has 0 aliphatic carbocycles. The zero-order valence-corrected chi connectivity index (χ0v) is 14.4. The number of nitrogens with zero attached hydrogens (tertiary/aromatic N) is 1. The van der Waals surface area contributed by atoms with Crippen LogP contribution in [-0.4, -0.2) is 17.1 Å². The van der Waals surface area contributed by atoms with Crippen LogP contribution in [0.4, 0.5) is 0 Å². The van der Waals surface area contributed by atoms with Crippen LogP contribution in [0.5, 0.6) is 0 Å². The lowest BCUT2D eigenvalue weighted by Gasteiger charge is -2.09. The van der Waals surface area contributed by atoms with Gasteiger partial charge in [-0.1, -0.05) is 30.3 Å². The number of fused-ring (bicyclic) bond motifs is 4. The summed E-state index contributed by atoms with van der Waals surface area (Å²) in [4.78, 5) is 22.5. The van der Waals surface area contributed by atoms with E-state index in [0.29, 0.717) is 11.1 Å². The highest BCUT2D eigenvalue weighted by Gasteiger charge is 2.13. The maximum absolute atomic E-state index is 11.3. The van der Waals surface area contributed by atoms with Gasteiger partial charge in [-0.2, -0.15) is 0 Å². The van der Waals surface area contributed by atoms with E-state index in [1.807, 2.05) is 48.5 Å². The Morgan fingerprint density at radius 3 is 1.78 bits per heavy atom. The Morgan fingerprint density at radius 2 is 1.19 bits per heavy atom. The van der Waals surface area contributed by atoms with E-state index in [-0.39, 0.29) is 0 Å². The lowest BCUT2D eigenvalue weighted by atomic mass is 10.1. The minimum atomic E-state index is 0.622. The summed E-state index contributed by atoms with van der Waals surface area (Å²) < 4.78 is 2.18. The molecule has 0 bridgehead atoms. The summed E-state index contributed by atoms with van der Waals surface area (Å²) >= 11 is 0. The minimum Gasteiger partial charge on any atom is -0.309 e. The highest BCUT2D eigenvalue weighted by atomic mass is 16.1. The number of carbonyl (C=O) groups is 2. The van der Waals surface area contributed by atoms with Crippen molar-refractivity contribution in [3.8, 4) is 5.69 Å². The van der Waals surface area contributed by atoms with Crippen molar-refractivity contribution in [3.05, 3.63) is 90.0 Å². The van der Waals surface area contributed by atoms with E-state index in [2.05, 4.69) is 34.9 Å². The number of aldehydes is 2. The van der Waals surface area contributed by atoms with Gasteiger partial charge in [0.05, 0.1) is 11.0 Å². The number of carbonyl (C=O) groups excluding carboxylic acids is 2. The molecular weight excluding hydrogens is 334 g/mol. The topological polar surface area (TPSA) is 39.1 Å². The molecule has 0 aliphatic rings. The van der Waals surface area contributed by atoms with Crippen LogP contribution < -0.4 is 0 Å². The second-order valence-corrected chi connectivity index (χ2v) is 6.66. The maximum Gasteiger partial charge on any atom is 0.150 e. The SMILES string of the molecule is O=Cc1ccc2c(c1)c1cc(C=O)ccc1n2-c1ccc2ccccc2c1. The molecule has 0 spiro atoms. The fourth-order valence-corrected chi connectivity index (χ4v) is 3.80. The molecule has 0 N–H and O–H groups in total. The van der Waals surface area contributed by atoms with E-state index in [4.69, 9.17) is 0 Å². The number of aromatic nitrogens is 1. The van der Waals surface area contributed by atoms with Crippen LogP contribution in [0.2, 0.25) is 0 Å². The van der Waals surface area contributed by atoms with Crippen molar-refractivity contribution in [1.82, 2.24) is 4.57 Å². The predicted molar refractivity (Wildman–Crippen MR) is 109 cm³/mol. The van der Waals surface area contributed by atoms with Crippen molar-refractivity contribution >= 4 is 45.2 Å². The summed E-state index contributed by atoms with van der Waals surface area (Å²) in [6.45, 7) is 0. The smallest absolute Gasteiger partial charge is 0.150 e. The Kier molecular flexibility index (Phi) is 3.41. The predicted octanol–water partition coefficient (Wildman–Crippen LogP) is 5.56. The normalized spacial score (nSPS) is 11.3. The van der Waals surface area contributed by atoms with Crippen molar-refractivity contribution in [1.29, 1.82) is 0 Å². The molecule has 0 atom stereocenters. The highest BCUT2D eigenvalue weighted by molar-refractivity contribution is 6.11. The van der Waals surface area contributed by atoms with Gasteiger partial charge >= 0.3 is 0 Å². The summed E-state index contributed by atoms with van der Waals surface area (Å²) in [7, 11) is 0. The zero-order valence-electron chi connectivity index (χ0n) is 14.4. The number of benzene rings is 4.